The minimum absolute atomic E-state index is 0.171. The first kappa shape index (κ1) is 57.6. The number of rotatable bonds is 47. The van der Waals surface area contributed by atoms with E-state index in [1.807, 2.05) is 18.2 Å². The van der Waals surface area contributed by atoms with Crippen molar-refractivity contribution in [3.8, 4) is 0 Å². The topological polar surface area (TPSA) is 78.9 Å². The predicted octanol–water partition coefficient (Wildman–Crippen LogP) is 16.9. The van der Waals surface area contributed by atoms with Gasteiger partial charge < -0.3 is 14.2 Å². The van der Waals surface area contributed by atoms with Crippen molar-refractivity contribution in [1.29, 1.82) is 0 Å². The SMILES string of the molecule is CCCCCCCCCCCCCCC=CC(=O)OCC(COC(=O)C=CCCCCCCCCCCCCCC)OC(=O)C=CCCCCCCCCCCCCCC. The zero-order chi connectivity index (χ0) is 43.7. The average molecular weight is 843 g/mol. The van der Waals surface area contributed by atoms with E-state index in [-0.39, 0.29) is 13.2 Å². The van der Waals surface area contributed by atoms with Gasteiger partial charge in [-0.05, 0) is 38.5 Å². The van der Waals surface area contributed by atoms with Crippen LogP contribution in [-0.2, 0) is 28.6 Å². The van der Waals surface area contributed by atoms with Crippen LogP contribution in [0.3, 0.4) is 0 Å². The van der Waals surface area contributed by atoms with E-state index in [0.717, 1.165) is 44.9 Å². The van der Waals surface area contributed by atoms with Gasteiger partial charge in [0.15, 0.2) is 6.10 Å². The summed E-state index contributed by atoms with van der Waals surface area (Å²) in [6.45, 7) is 6.45. The van der Waals surface area contributed by atoms with E-state index in [0.29, 0.717) is 0 Å². The molecule has 0 heterocycles. The maximum absolute atomic E-state index is 12.7. The van der Waals surface area contributed by atoms with Crippen molar-refractivity contribution in [2.24, 2.45) is 0 Å². The van der Waals surface area contributed by atoms with Crippen LogP contribution in [0.25, 0.3) is 0 Å². The lowest BCUT2D eigenvalue weighted by Crippen LogP contribution is -2.30. The molecule has 0 spiro atoms. The molecule has 0 aliphatic rings. The highest BCUT2D eigenvalue weighted by Crippen LogP contribution is 2.15. The Balaban J connectivity index is 4.49. The molecule has 0 saturated carbocycles. The van der Waals surface area contributed by atoms with Crippen LogP contribution in [0.4, 0.5) is 0 Å². The van der Waals surface area contributed by atoms with Crippen molar-refractivity contribution in [2.45, 2.75) is 277 Å². The zero-order valence-electron chi connectivity index (χ0n) is 40.0. The summed E-state index contributed by atoms with van der Waals surface area (Å²) in [6, 6.07) is 0. The van der Waals surface area contributed by atoms with Crippen LogP contribution in [-0.4, -0.2) is 37.2 Å². The molecule has 0 aromatic carbocycles. The largest absolute Gasteiger partial charge is 0.458 e. The molecular formula is C54H98O6. The highest BCUT2D eigenvalue weighted by atomic mass is 16.6. The first-order valence-electron chi connectivity index (χ1n) is 26.1. The molecule has 6 heteroatoms. The van der Waals surface area contributed by atoms with Gasteiger partial charge in [0.05, 0.1) is 0 Å². The summed E-state index contributed by atoms with van der Waals surface area (Å²) in [7, 11) is 0. The van der Waals surface area contributed by atoms with Crippen LogP contribution in [0.2, 0.25) is 0 Å². The third-order valence-electron chi connectivity index (χ3n) is 11.5. The Morgan fingerprint density at radius 1 is 0.317 bits per heavy atom. The Kier molecular flexibility index (Phi) is 47.3. The molecule has 0 fully saturated rings. The number of allylic oxidation sites excluding steroid dienone is 3. The summed E-state index contributed by atoms with van der Waals surface area (Å²) in [6.07, 6.45) is 58.3. The Morgan fingerprint density at radius 3 is 0.783 bits per heavy atom. The van der Waals surface area contributed by atoms with Gasteiger partial charge in [-0.3, -0.25) is 0 Å². The van der Waals surface area contributed by atoms with Gasteiger partial charge in [0, 0.05) is 18.2 Å². The first-order valence-corrected chi connectivity index (χ1v) is 26.1. The van der Waals surface area contributed by atoms with Gasteiger partial charge in [-0.2, -0.15) is 0 Å². The predicted molar refractivity (Wildman–Crippen MR) is 256 cm³/mol. The van der Waals surface area contributed by atoms with Crippen LogP contribution in [0.15, 0.2) is 36.5 Å². The van der Waals surface area contributed by atoms with Gasteiger partial charge in [-0.15, -0.1) is 0 Å². The maximum atomic E-state index is 12.7. The molecule has 60 heavy (non-hydrogen) atoms. The van der Waals surface area contributed by atoms with Crippen LogP contribution >= 0.6 is 0 Å². The molecule has 0 atom stereocenters. The number of esters is 3. The number of hydrogen-bond donors (Lipinski definition) is 0. The van der Waals surface area contributed by atoms with E-state index in [4.69, 9.17) is 14.2 Å². The van der Waals surface area contributed by atoms with Crippen LogP contribution < -0.4 is 0 Å². The van der Waals surface area contributed by atoms with Crippen molar-refractivity contribution in [1.82, 2.24) is 0 Å². The Bertz CT molecular complexity index is 962. The van der Waals surface area contributed by atoms with Gasteiger partial charge in [0.2, 0.25) is 0 Å². The third kappa shape index (κ3) is 46.7. The molecule has 0 unspecified atom stereocenters. The molecule has 6 nitrogen and oxygen atoms in total. The maximum Gasteiger partial charge on any atom is 0.330 e. The Morgan fingerprint density at radius 2 is 0.533 bits per heavy atom. The van der Waals surface area contributed by atoms with E-state index in [2.05, 4.69) is 20.8 Å². The molecule has 350 valence electrons. The van der Waals surface area contributed by atoms with Crippen LogP contribution in [0.1, 0.15) is 271 Å². The van der Waals surface area contributed by atoms with E-state index in [1.54, 1.807) is 0 Å². The molecule has 0 bridgehead atoms. The van der Waals surface area contributed by atoms with E-state index in [1.165, 1.54) is 224 Å². The first-order chi connectivity index (χ1) is 29.5. The lowest BCUT2D eigenvalue weighted by atomic mass is 10.0. The summed E-state index contributed by atoms with van der Waals surface area (Å²) in [5.41, 5.74) is 0. The van der Waals surface area contributed by atoms with Crippen LogP contribution in [0, 0.1) is 0 Å². The second-order valence-corrected chi connectivity index (χ2v) is 17.6. The summed E-state index contributed by atoms with van der Waals surface area (Å²) < 4.78 is 16.4. The summed E-state index contributed by atoms with van der Waals surface area (Å²) in [4.78, 5) is 37.7. The molecular weight excluding hydrogens is 745 g/mol. The molecule has 0 N–H and O–H groups in total. The van der Waals surface area contributed by atoms with Gasteiger partial charge >= 0.3 is 17.9 Å². The fourth-order valence-corrected chi connectivity index (χ4v) is 7.61. The van der Waals surface area contributed by atoms with Gasteiger partial charge in [0.25, 0.3) is 0 Å². The van der Waals surface area contributed by atoms with E-state index < -0.39 is 24.0 Å². The van der Waals surface area contributed by atoms with Crippen molar-refractivity contribution >= 4 is 17.9 Å². The Labute approximate surface area is 372 Å². The average Bonchev–Trinajstić information content (AvgIpc) is 3.24. The smallest absolute Gasteiger partial charge is 0.330 e. The van der Waals surface area contributed by atoms with Crippen molar-refractivity contribution in [2.75, 3.05) is 13.2 Å². The zero-order valence-corrected chi connectivity index (χ0v) is 40.0. The lowest BCUT2D eigenvalue weighted by Gasteiger charge is -2.16. The minimum atomic E-state index is -0.879. The summed E-state index contributed by atoms with van der Waals surface area (Å²) in [5.74, 6) is -1.48. The highest BCUT2D eigenvalue weighted by molar-refractivity contribution is 5.83. The third-order valence-corrected chi connectivity index (χ3v) is 11.5. The van der Waals surface area contributed by atoms with E-state index in [9.17, 15) is 14.4 Å². The number of carbonyl (C=O) groups is 3. The second kappa shape index (κ2) is 49.3. The fraction of sp³-hybridized carbons (Fsp3) is 0.833. The molecule has 0 radical (unpaired) electrons. The number of unbranched alkanes of at least 4 members (excludes halogenated alkanes) is 36. The summed E-state index contributed by atoms with van der Waals surface area (Å²) in [5, 5.41) is 0. The van der Waals surface area contributed by atoms with Crippen molar-refractivity contribution < 1.29 is 28.6 Å². The van der Waals surface area contributed by atoms with Gasteiger partial charge in [-0.25, -0.2) is 14.4 Å². The summed E-state index contributed by atoms with van der Waals surface area (Å²) >= 11 is 0. The van der Waals surface area contributed by atoms with Crippen molar-refractivity contribution in [3.63, 3.8) is 0 Å². The Hall–Kier alpha value is -2.37. The fourth-order valence-electron chi connectivity index (χ4n) is 7.61. The van der Waals surface area contributed by atoms with Crippen LogP contribution in [0.5, 0.6) is 0 Å². The lowest BCUT2D eigenvalue weighted by molar-refractivity contribution is -0.160. The van der Waals surface area contributed by atoms with E-state index >= 15 is 0 Å². The number of carbonyl (C=O) groups excluding carboxylic acids is 3. The second-order valence-electron chi connectivity index (χ2n) is 17.6. The quantitative estimate of drug-likeness (QED) is 0.0263. The molecule has 0 rings (SSSR count). The molecule has 0 aromatic rings. The molecule has 0 aromatic heterocycles. The van der Waals surface area contributed by atoms with Gasteiger partial charge in [0.1, 0.15) is 13.2 Å². The van der Waals surface area contributed by atoms with Crippen molar-refractivity contribution in [3.05, 3.63) is 36.5 Å². The molecule has 0 amide bonds. The molecule has 0 aliphatic heterocycles. The monoisotopic (exact) mass is 843 g/mol. The molecule has 0 saturated heterocycles. The standard InChI is InChI=1S/C54H98O6/c1-4-7-10-13-16-19-22-25-28-31-34-37-40-43-46-52(55)58-49-51(60-54(57)48-45-42-39-36-33-30-27-24-21-18-15-12-9-6-3)50-59-53(56)47-44-41-38-35-32-29-26-23-20-17-14-11-8-5-2/h43-48,51H,4-42,49-50H2,1-3H3. The van der Waals surface area contributed by atoms with Gasteiger partial charge in [-0.1, -0.05) is 251 Å². The number of hydrogen-bond acceptors (Lipinski definition) is 6. The normalized spacial score (nSPS) is 12.2. The minimum Gasteiger partial charge on any atom is -0.458 e. The highest BCUT2D eigenvalue weighted by Gasteiger charge is 2.17. The number of ether oxygens (including phenoxy) is 3. The molecule has 0 aliphatic carbocycles.